The van der Waals surface area contributed by atoms with Gasteiger partial charge in [0, 0.05) is 6.04 Å². The van der Waals surface area contributed by atoms with Crippen LogP contribution in [0.5, 0.6) is 0 Å². The van der Waals surface area contributed by atoms with E-state index in [1.807, 2.05) is 0 Å². The average Bonchev–Trinajstić information content (AvgIpc) is 2.37. The third-order valence-corrected chi connectivity index (χ3v) is 4.09. The summed E-state index contributed by atoms with van der Waals surface area (Å²) in [4.78, 5) is 11.7. The van der Waals surface area contributed by atoms with Gasteiger partial charge < -0.3 is 10.7 Å². The molecule has 0 bridgehead atoms. The van der Waals surface area contributed by atoms with Gasteiger partial charge >= 0.3 is 0 Å². The third kappa shape index (κ3) is 4.19. The van der Waals surface area contributed by atoms with Gasteiger partial charge in [0.1, 0.15) is 4.90 Å². The molecule has 0 fully saturated rings. The Balaban J connectivity index is 2.92. The molecule has 8 heteroatoms. The minimum Gasteiger partial charge on any atom is -0.353 e. The first-order chi connectivity index (χ1) is 9.27. The van der Waals surface area contributed by atoms with Crippen LogP contribution in [0.1, 0.15) is 20.8 Å². The van der Waals surface area contributed by atoms with E-state index in [9.17, 15) is 13.2 Å². The normalized spacial score (nSPS) is 13.1. The molecule has 0 radical (unpaired) electrons. The van der Waals surface area contributed by atoms with Gasteiger partial charge in [-0.15, -0.1) is 0 Å². The van der Waals surface area contributed by atoms with Crippen molar-refractivity contribution >= 4 is 21.6 Å². The molecule has 0 saturated heterocycles. The highest BCUT2D eigenvalue weighted by Gasteiger charge is 2.24. The summed E-state index contributed by atoms with van der Waals surface area (Å²) in [6.45, 7) is 5.08. The van der Waals surface area contributed by atoms with Crippen molar-refractivity contribution in [3.8, 4) is 0 Å². The number of nitrogens with two attached hydrogens (primary N) is 1. The number of nitrogens with one attached hydrogen (secondary N) is 3. The fraction of sp³-hybridized carbons (Fsp3) is 0.417. The average molecular weight is 300 g/mol. The highest BCUT2D eigenvalue weighted by Crippen LogP contribution is 2.19. The first-order valence-electron chi connectivity index (χ1n) is 6.16. The molecule has 0 aliphatic carbocycles. The fourth-order valence-corrected chi connectivity index (χ4v) is 2.95. The summed E-state index contributed by atoms with van der Waals surface area (Å²) in [5, 5.41) is 2.64. The zero-order valence-electron chi connectivity index (χ0n) is 11.7. The lowest BCUT2D eigenvalue weighted by atomic mass is 10.3. The number of amides is 1. The van der Waals surface area contributed by atoms with Gasteiger partial charge in [-0.25, -0.2) is 8.42 Å². The van der Waals surface area contributed by atoms with Gasteiger partial charge in [-0.3, -0.25) is 10.6 Å². The van der Waals surface area contributed by atoms with Crippen LogP contribution in [0.25, 0.3) is 0 Å². The molecule has 0 aliphatic heterocycles. The van der Waals surface area contributed by atoms with E-state index in [2.05, 4.69) is 15.5 Å². The summed E-state index contributed by atoms with van der Waals surface area (Å²) in [6, 6.07) is 5.23. The predicted octanol–water partition coefficient (Wildman–Crippen LogP) is 0.164. The molecular weight excluding hydrogens is 280 g/mol. The molecule has 112 valence electrons. The first-order valence-corrected chi connectivity index (χ1v) is 7.64. The number of benzene rings is 1. The summed E-state index contributed by atoms with van der Waals surface area (Å²) in [6.07, 6.45) is 0. The smallest absolute Gasteiger partial charge is 0.243 e. The molecule has 20 heavy (non-hydrogen) atoms. The SMILES string of the molecule is CC(C)NC(=O)C(C)NS(=O)(=O)c1ccccc1NN. The molecule has 0 heterocycles. The summed E-state index contributed by atoms with van der Waals surface area (Å²) >= 11 is 0. The van der Waals surface area contributed by atoms with E-state index in [-0.39, 0.29) is 22.5 Å². The van der Waals surface area contributed by atoms with Crippen molar-refractivity contribution in [1.82, 2.24) is 10.0 Å². The van der Waals surface area contributed by atoms with Crippen LogP contribution in [-0.2, 0) is 14.8 Å². The number of carbonyl (C=O) groups excluding carboxylic acids is 1. The van der Waals surface area contributed by atoms with Crippen LogP contribution in [0.15, 0.2) is 29.2 Å². The molecule has 1 unspecified atom stereocenters. The second-order valence-electron chi connectivity index (χ2n) is 4.65. The van der Waals surface area contributed by atoms with Crippen LogP contribution in [0, 0.1) is 0 Å². The summed E-state index contributed by atoms with van der Waals surface area (Å²) in [5.74, 6) is 4.90. The van der Waals surface area contributed by atoms with Crippen LogP contribution in [-0.4, -0.2) is 26.4 Å². The van der Waals surface area contributed by atoms with Gasteiger partial charge in [-0.2, -0.15) is 4.72 Å². The molecule has 0 spiro atoms. The van der Waals surface area contributed by atoms with Crippen molar-refractivity contribution in [3.05, 3.63) is 24.3 Å². The summed E-state index contributed by atoms with van der Waals surface area (Å²) in [5.41, 5.74) is 2.58. The van der Waals surface area contributed by atoms with Crippen molar-refractivity contribution in [3.63, 3.8) is 0 Å². The number of para-hydroxylation sites is 1. The van der Waals surface area contributed by atoms with Gasteiger partial charge in [0.15, 0.2) is 0 Å². The van der Waals surface area contributed by atoms with Gasteiger partial charge in [-0.05, 0) is 32.9 Å². The second kappa shape index (κ2) is 6.69. The van der Waals surface area contributed by atoms with Crippen LogP contribution in [0.2, 0.25) is 0 Å². The Bertz CT molecular complexity index is 572. The standard InChI is InChI=1S/C12H20N4O3S/c1-8(2)14-12(17)9(3)16-20(18,19)11-7-5-4-6-10(11)15-13/h4-9,15-16H,13H2,1-3H3,(H,14,17). The van der Waals surface area contributed by atoms with Crippen molar-refractivity contribution < 1.29 is 13.2 Å². The molecular formula is C12H20N4O3S. The lowest BCUT2D eigenvalue weighted by Crippen LogP contribution is -2.46. The second-order valence-corrected chi connectivity index (χ2v) is 6.33. The van der Waals surface area contributed by atoms with Crippen LogP contribution in [0.3, 0.4) is 0 Å². The number of rotatable bonds is 6. The lowest BCUT2D eigenvalue weighted by Gasteiger charge is -2.17. The van der Waals surface area contributed by atoms with Gasteiger partial charge in [0.2, 0.25) is 15.9 Å². The molecule has 7 nitrogen and oxygen atoms in total. The van der Waals surface area contributed by atoms with Crippen molar-refractivity contribution in [2.75, 3.05) is 5.43 Å². The Morgan fingerprint density at radius 3 is 2.35 bits per heavy atom. The molecule has 1 aromatic rings. The highest BCUT2D eigenvalue weighted by atomic mass is 32.2. The minimum absolute atomic E-state index is 0.00769. The number of carbonyl (C=O) groups is 1. The van der Waals surface area contributed by atoms with E-state index in [0.717, 1.165) is 0 Å². The highest BCUT2D eigenvalue weighted by molar-refractivity contribution is 7.89. The van der Waals surface area contributed by atoms with E-state index in [0.29, 0.717) is 0 Å². The number of hydrazine groups is 1. The maximum Gasteiger partial charge on any atom is 0.243 e. The molecule has 1 rings (SSSR count). The van der Waals surface area contributed by atoms with Crippen molar-refractivity contribution in [2.45, 2.75) is 37.8 Å². The van der Waals surface area contributed by atoms with Gasteiger partial charge in [-0.1, -0.05) is 12.1 Å². The predicted molar refractivity (Wildman–Crippen MR) is 77.3 cm³/mol. The van der Waals surface area contributed by atoms with Crippen molar-refractivity contribution in [1.29, 1.82) is 0 Å². The number of sulfonamides is 1. The monoisotopic (exact) mass is 300 g/mol. The maximum absolute atomic E-state index is 12.2. The van der Waals surface area contributed by atoms with Gasteiger partial charge in [0.25, 0.3) is 0 Å². The summed E-state index contributed by atoms with van der Waals surface area (Å²) in [7, 11) is -3.84. The molecule has 0 aromatic heterocycles. The largest absolute Gasteiger partial charge is 0.353 e. The molecule has 5 N–H and O–H groups in total. The van der Waals surface area contributed by atoms with E-state index in [4.69, 9.17) is 5.84 Å². The van der Waals surface area contributed by atoms with Crippen LogP contribution in [0.4, 0.5) is 5.69 Å². The lowest BCUT2D eigenvalue weighted by molar-refractivity contribution is -0.122. The quantitative estimate of drug-likeness (QED) is 0.441. The van der Waals surface area contributed by atoms with E-state index < -0.39 is 16.1 Å². The first kappa shape index (κ1) is 16.4. The number of hydrogen-bond donors (Lipinski definition) is 4. The Labute approximate surface area is 119 Å². The Morgan fingerprint density at radius 2 is 1.80 bits per heavy atom. The zero-order valence-corrected chi connectivity index (χ0v) is 12.5. The Morgan fingerprint density at radius 1 is 1.20 bits per heavy atom. The Kier molecular flexibility index (Phi) is 5.49. The number of hydrogen-bond acceptors (Lipinski definition) is 5. The topological polar surface area (TPSA) is 113 Å². The van der Waals surface area contributed by atoms with Gasteiger partial charge in [0.05, 0.1) is 11.7 Å². The zero-order chi connectivity index (χ0) is 15.3. The molecule has 0 aliphatic rings. The van der Waals surface area contributed by atoms with Crippen LogP contribution < -0.4 is 21.3 Å². The third-order valence-electron chi connectivity index (χ3n) is 2.49. The van der Waals surface area contributed by atoms with E-state index in [1.54, 1.807) is 26.0 Å². The molecule has 0 saturated carbocycles. The van der Waals surface area contributed by atoms with E-state index in [1.165, 1.54) is 19.1 Å². The van der Waals surface area contributed by atoms with Crippen molar-refractivity contribution in [2.24, 2.45) is 5.84 Å². The molecule has 1 atom stereocenters. The number of anilines is 1. The Hall–Kier alpha value is -1.64. The minimum atomic E-state index is -3.84. The maximum atomic E-state index is 12.2. The van der Waals surface area contributed by atoms with Crippen LogP contribution >= 0.6 is 0 Å². The molecule has 1 aromatic carbocycles. The fourth-order valence-electron chi connectivity index (χ4n) is 1.58. The molecule has 1 amide bonds. The number of nitrogen functional groups attached to an aromatic ring is 1. The summed E-state index contributed by atoms with van der Waals surface area (Å²) < 4.78 is 26.8. The van der Waals surface area contributed by atoms with E-state index >= 15 is 0 Å².